The maximum Gasteiger partial charge on any atom is 0.339 e. The summed E-state index contributed by atoms with van der Waals surface area (Å²) in [7, 11) is 0. The number of rotatable bonds is 3. The highest BCUT2D eigenvalue weighted by atomic mass is 16.6. The molecule has 2 aliphatic rings. The van der Waals surface area contributed by atoms with Crippen molar-refractivity contribution in [3.63, 3.8) is 0 Å². The third kappa shape index (κ3) is 3.75. The van der Waals surface area contributed by atoms with Gasteiger partial charge in [0.1, 0.15) is 0 Å². The van der Waals surface area contributed by atoms with Gasteiger partial charge in [0, 0.05) is 30.9 Å². The highest BCUT2D eigenvalue weighted by Crippen LogP contribution is 2.29. The number of nitrogens with one attached hydrogen (secondary N) is 1. The number of nitrogens with zero attached hydrogens (tertiary/aromatic N) is 1. The van der Waals surface area contributed by atoms with Crippen molar-refractivity contribution in [1.29, 1.82) is 0 Å². The molecule has 1 unspecified atom stereocenters. The summed E-state index contributed by atoms with van der Waals surface area (Å²) in [5, 5.41) is 2.91. The molecule has 2 heterocycles. The number of carbonyl (C=O) groups is 2. The van der Waals surface area contributed by atoms with E-state index in [1.165, 1.54) is 31.4 Å². The summed E-state index contributed by atoms with van der Waals surface area (Å²) in [4.78, 5) is 27.6. The van der Waals surface area contributed by atoms with Crippen LogP contribution in [0.1, 0.15) is 48.5 Å². The maximum absolute atomic E-state index is 12.9. The Balaban J connectivity index is 1.45. The number of amides is 1. The van der Waals surface area contributed by atoms with Crippen molar-refractivity contribution in [1.82, 2.24) is 0 Å². The van der Waals surface area contributed by atoms with Gasteiger partial charge in [0.25, 0.3) is 5.91 Å². The molecule has 28 heavy (non-hydrogen) atoms. The zero-order valence-electron chi connectivity index (χ0n) is 16.2. The van der Waals surface area contributed by atoms with E-state index in [0.717, 1.165) is 18.7 Å². The highest BCUT2D eigenvalue weighted by Gasteiger charge is 2.42. The van der Waals surface area contributed by atoms with E-state index in [9.17, 15) is 9.59 Å². The molecule has 1 saturated heterocycles. The molecule has 1 amide bonds. The third-order valence-corrected chi connectivity index (χ3v) is 5.66. The van der Waals surface area contributed by atoms with Gasteiger partial charge in [-0.1, -0.05) is 31.0 Å². The number of cyclic esters (lactones) is 1. The average molecular weight is 378 g/mol. The van der Waals surface area contributed by atoms with Gasteiger partial charge in [0.15, 0.2) is 5.60 Å². The molecule has 1 atom stereocenters. The number of esters is 1. The first-order valence-corrected chi connectivity index (χ1v) is 10.0. The van der Waals surface area contributed by atoms with Gasteiger partial charge in [0.2, 0.25) is 0 Å². The zero-order chi connectivity index (χ0) is 19.6. The lowest BCUT2D eigenvalue weighted by atomic mass is 9.89. The standard InChI is InChI=1S/C23H26N2O3/c1-23(16-17-8-4-5-9-20(17)21(26)28-23)22(27)24-18-10-12-19(13-11-18)25-14-6-2-3-7-15-25/h4-5,8-13H,2-3,6-7,14-16H2,1H3,(H,24,27). The summed E-state index contributed by atoms with van der Waals surface area (Å²) in [5.41, 5.74) is 2.06. The summed E-state index contributed by atoms with van der Waals surface area (Å²) < 4.78 is 5.51. The third-order valence-electron chi connectivity index (χ3n) is 5.66. The quantitative estimate of drug-likeness (QED) is 0.814. The van der Waals surface area contributed by atoms with E-state index in [2.05, 4.69) is 10.2 Å². The summed E-state index contributed by atoms with van der Waals surface area (Å²) in [6.07, 6.45) is 5.41. The number of hydrogen-bond donors (Lipinski definition) is 1. The molecule has 0 spiro atoms. The van der Waals surface area contributed by atoms with Gasteiger partial charge in [-0.25, -0.2) is 4.79 Å². The topological polar surface area (TPSA) is 58.6 Å². The van der Waals surface area contributed by atoms with E-state index < -0.39 is 11.6 Å². The molecule has 5 nitrogen and oxygen atoms in total. The Labute approximate surface area is 165 Å². The fourth-order valence-corrected chi connectivity index (χ4v) is 4.01. The molecule has 0 bridgehead atoms. The smallest absolute Gasteiger partial charge is 0.339 e. The second-order valence-corrected chi connectivity index (χ2v) is 7.86. The Kier molecular flexibility index (Phi) is 5.07. The largest absolute Gasteiger partial charge is 0.445 e. The van der Waals surface area contributed by atoms with Gasteiger partial charge in [-0.15, -0.1) is 0 Å². The molecule has 4 rings (SSSR count). The molecule has 1 N–H and O–H groups in total. The predicted octanol–water partition coefficient (Wildman–Crippen LogP) is 4.18. The number of benzene rings is 2. The van der Waals surface area contributed by atoms with Gasteiger partial charge >= 0.3 is 5.97 Å². The Bertz CT molecular complexity index is 870. The van der Waals surface area contributed by atoms with Crippen molar-refractivity contribution in [3.05, 3.63) is 59.7 Å². The van der Waals surface area contributed by atoms with Crippen LogP contribution in [0.4, 0.5) is 11.4 Å². The highest BCUT2D eigenvalue weighted by molar-refractivity contribution is 6.02. The predicted molar refractivity (Wildman–Crippen MR) is 110 cm³/mol. The minimum absolute atomic E-state index is 0.308. The average Bonchev–Trinajstić information content (AvgIpc) is 2.98. The Morgan fingerprint density at radius 1 is 1.00 bits per heavy atom. The van der Waals surface area contributed by atoms with Gasteiger partial charge in [0.05, 0.1) is 5.56 Å². The van der Waals surface area contributed by atoms with Crippen LogP contribution in [0.2, 0.25) is 0 Å². The van der Waals surface area contributed by atoms with Gasteiger partial charge in [-0.3, -0.25) is 4.79 Å². The molecule has 0 radical (unpaired) electrons. The van der Waals surface area contributed by atoms with Crippen LogP contribution in [-0.2, 0) is 16.0 Å². The van der Waals surface area contributed by atoms with Crippen molar-refractivity contribution in [3.8, 4) is 0 Å². The second-order valence-electron chi connectivity index (χ2n) is 7.86. The Morgan fingerprint density at radius 2 is 1.68 bits per heavy atom. The monoisotopic (exact) mass is 378 g/mol. The molecule has 0 aliphatic carbocycles. The maximum atomic E-state index is 12.9. The van der Waals surface area contributed by atoms with Crippen LogP contribution in [-0.4, -0.2) is 30.6 Å². The van der Waals surface area contributed by atoms with Gasteiger partial charge in [-0.2, -0.15) is 0 Å². The van der Waals surface area contributed by atoms with E-state index in [1.807, 2.05) is 36.4 Å². The molecule has 0 saturated carbocycles. The van der Waals surface area contributed by atoms with Crippen molar-refractivity contribution in [2.45, 2.75) is 44.6 Å². The van der Waals surface area contributed by atoms with E-state index in [1.54, 1.807) is 19.1 Å². The van der Waals surface area contributed by atoms with Crippen LogP contribution in [0, 0.1) is 0 Å². The number of carbonyl (C=O) groups excluding carboxylic acids is 2. The van der Waals surface area contributed by atoms with Crippen molar-refractivity contribution in [2.75, 3.05) is 23.3 Å². The lowest BCUT2D eigenvalue weighted by molar-refractivity contribution is -0.134. The summed E-state index contributed by atoms with van der Waals surface area (Å²) in [5.74, 6) is -0.756. The van der Waals surface area contributed by atoms with Gasteiger partial charge < -0.3 is 15.0 Å². The van der Waals surface area contributed by atoms with Crippen LogP contribution in [0.3, 0.4) is 0 Å². The SMILES string of the molecule is CC1(C(=O)Nc2ccc(N3CCCCCC3)cc2)Cc2ccccc2C(=O)O1. The molecular formula is C23H26N2O3. The minimum atomic E-state index is -1.21. The molecule has 2 aliphatic heterocycles. The van der Waals surface area contributed by atoms with Crippen LogP contribution < -0.4 is 10.2 Å². The summed E-state index contributed by atoms with van der Waals surface area (Å²) in [6.45, 7) is 3.83. The van der Waals surface area contributed by atoms with Crippen molar-refractivity contribution >= 4 is 23.3 Å². The summed E-state index contributed by atoms with van der Waals surface area (Å²) >= 11 is 0. The van der Waals surface area contributed by atoms with Crippen LogP contribution in [0.25, 0.3) is 0 Å². The van der Waals surface area contributed by atoms with Crippen LogP contribution >= 0.6 is 0 Å². The second kappa shape index (κ2) is 7.66. The first kappa shape index (κ1) is 18.5. The molecule has 146 valence electrons. The fraction of sp³-hybridized carbons (Fsp3) is 0.391. The molecular weight excluding hydrogens is 352 g/mol. The minimum Gasteiger partial charge on any atom is -0.445 e. The van der Waals surface area contributed by atoms with Crippen molar-refractivity contribution in [2.24, 2.45) is 0 Å². The van der Waals surface area contributed by atoms with Crippen LogP contribution in [0.5, 0.6) is 0 Å². The lowest BCUT2D eigenvalue weighted by Crippen LogP contribution is -2.48. The number of hydrogen-bond acceptors (Lipinski definition) is 4. The van der Waals surface area contributed by atoms with E-state index in [0.29, 0.717) is 17.7 Å². The molecule has 0 aromatic heterocycles. The number of ether oxygens (including phenoxy) is 1. The molecule has 2 aromatic carbocycles. The Hall–Kier alpha value is -2.82. The first-order chi connectivity index (χ1) is 13.5. The van der Waals surface area contributed by atoms with Crippen molar-refractivity contribution < 1.29 is 14.3 Å². The molecule has 5 heteroatoms. The van der Waals surface area contributed by atoms with Gasteiger partial charge in [-0.05, 0) is 55.7 Å². The number of fused-ring (bicyclic) bond motifs is 1. The first-order valence-electron chi connectivity index (χ1n) is 10.0. The molecule has 1 fully saturated rings. The van der Waals surface area contributed by atoms with E-state index in [-0.39, 0.29) is 5.91 Å². The fourth-order valence-electron chi connectivity index (χ4n) is 4.01. The normalized spacial score (nSPS) is 22.0. The van der Waals surface area contributed by atoms with E-state index in [4.69, 9.17) is 4.74 Å². The van der Waals surface area contributed by atoms with Crippen LogP contribution in [0.15, 0.2) is 48.5 Å². The molecule has 2 aromatic rings. The zero-order valence-corrected chi connectivity index (χ0v) is 16.2. The lowest BCUT2D eigenvalue weighted by Gasteiger charge is -2.33. The summed E-state index contributed by atoms with van der Waals surface area (Å²) in [6, 6.07) is 15.2. The van der Waals surface area contributed by atoms with E-state index >= 15 is 0 Å². The number of anilines is 2. The Morgan fingerprint density at radius 3 is 2.39 bits per heavy atom.